The van der Waals surface area contributed by atoms with Gasteiger partial charge >= 0.3 is 0 Å². The van der Waals surface area contributed by atoms with Gasteiger partial charge in [-0.3, -0.25) is 4.79 Å². The Morgan fingerprint density at radius 3 is 2.65 bits per heavy atom. The van der Waals surface area contributed by atoms with Gasteiger partial charge < -0.3 is 15.4 Å². The second kappa shape index (κ2) is 5.36. The maximum absolute atomic E-state index is 11.7. The molecule has 1 atom stereocenters. The Morgan fingerprint density at radius 2 is 2.12 bits per heavy atom. The van der Waals surface area contributed by atoms with E-state index < -0.39 is 0 Å². The van der Waals surface area contributed by atoms with E-state index in [1.165, 1.54) is 25.7 Å². The molecule has 1 amide bonds. The van der Waals surface area contributed by atoms with Crippen molar-refractivity contribution in [3.05, 3.63) is 0 Å². The Morgan fingerprint density at radius 1 is 1.47 bits per heavy atom. The van der Waals surface area contributed by atoms with Gasteiger partial charge in [-0.25, -0.2) is 0 Å². The predicted octanol–water partition coefficient (Wildman–Crippen LogP) is 1.06. The lowest BCUT2D eigenvalue weighted by atomic mass is 9.99. The molecule has 1 aliphatic carbocycles. The lowest BCUT2D eigenvalue weighted by molar-refractivity contribution is -0.136. The summed E-state index contributed by atoms with van der Waals surface area (Å²) in [4.78, 5) is 11.7. The molecule has 2 rings (SSSR count). The Kier molecular flexibility index (Phi) is 4.05. The number of amides is 1. The van der Waals surface area contributed by atoms with Gasteiger partial charge in [-0.05, 0) is 32.6 Å². The molecule has 1 saturated carbocycles. The highest BCUT2D eigenvalue weighted by Crippen LogP contribution is 2.27. The zero-order valence-corrected chi connectivity index (χ0v) is 10.9. The van der Waals surface area contributed by atoms with Crippen molar-refractivity contribution in [3.63, 3.8) is 0 Å². The van der Waals surface area contributed by atoms with Gasteiger partial charge in [-0.15, -0.1) is 0 Å². The van der Waals surface area contributed by atoms with Crippen LogP contribution in [0.25, 0.3) is 0 Å². The topological polar surface area (TPSA) is 50.4 Å². The molecule has 2 aliphatic rings. The first-order valence-corrected chi connectivity index (χ1v) is 6.73. The summed E-state index contributed by atoms with van der Waals surface area (Å²) in [6.07, 6.45) is 5.13. The minimum Gasteiger partial charge on any atom is -0.363 e. The normalized spacial score (nSPS) is 25.3. The molecule has 0 spiro atoms. The lowest BCUT2D eigenvalue weighted by Crippen LogP contribution is -2.59. The molecule has 0 aromatic rings. The van der Waals surface area contributed by atoms with Crippen LogP contribution >= 0.6 is 0 Å². The van der Waals surface area contributed by atoms with Crippen LogP contribution < -0.4 is 10.6 Å². The van der Waals surface area contributed by atoms with E-state index in [0.29, 0.717) is 12.0 Å². The fraction of sp³-hybridized carbons (Fsp3) is 0.923. The fourth-order valence-electron chi connectivity index (χ4n) is 2.69. The van der Waals surface area contributed by atoms with Crippen LogP contribution in [0, 0.1) is 5.92 Å². The first-order valence-electron chi connectivity index (χ1n) is 6.73. The van der Waals surface area contributed by atoms with Gasteiger partial charge in [0.1, 0.15) is 6.61 Å². The SMILES string of the molecule is CC(NC(=O)COC1(C)CNC1)C1CCCC1. The van der Waals surface area contributed by atoms with Gasteiger partial charge in [0.2, 0.25) is 5.91 Å². The van der Waals surface area contributed by atoms with E-state index in [1.807, 2.05) is 6.92 Å². The molecule has 0 bridgehead atoms. The highest BCUT2D eigenvalue weighted by molar-refractivity contribution is 5.77. The fourth-order valence-corrected chi connectivity index (χ4v) is 2.69. The number of hydrogen-bond donors (Lipinski definition) is 2. The largest absolute Gasteiger partial charge is 0.363 e. The average molecular weight is 240 g/mol. The van der Waals surface area contributed by atoms with Gasteiger partial charge in [0.25, 0.3) is 0 Å². The van der Waals surface area contributed by atoms with Gasteiger partial charge in [0.15, 0.2) is 0 Å². The van der Waals surface area contributed by atoms with Crippen molar-refractivity contribution in [1.82, 2.24) is 10.6 Å². The van der Waals surface area contributed by atoms with Crippen molar-refractivity contribution in [1.29, 1.82) is 0 Å². The van der Waals surface area contributed by atoms with Crippen LogP contribution in [0.15, 0.2) is 0 Å². The molecule has 1 saturated heterocycles. The highest BCUT2D eigenvalue weighted by Gasteiger charge is 2.33. The van der Waals surface area contributed by atoms with Crippen molar-refractivity contribution in [2.45, 2.75) is 51.2 Å². The standard InChI is InChI=1S/C13H24N2O2/c1-10(11-5-3-4-6-11)15-12(16)7-17-13(2)8-14-9-13/h10-11,14H,3-9H2,1-2H3,(H,15,16). The Hall–Kier alpha value is -0.610. The van der Waals surface area contributed by atoms with Crippen LogP contribution in [0.5, 0.6) is 0 Å². The van der Waals surface area contributed by atoms with E-state index in [2.05, 4.69) is 17.6 Å². The molecule has 4 heteroatoms. The van der Waals surface area contributed by atoms with Crippen LogP contribution in [0.2, 0.25) is 0 Å². The number of rotatable bonds is 5. The predicted molar refractivity (Wildman–Crippen MR) is 66.8 cm³/mol. The minimum atomic E-state index is -0.131. The molecular weight excluding hydrogens is 216 g/mol. The third-order valence-corrected chi connectivity index (χ3v) is 4.05. The van der Waals surface area contributed by atoms with Gasteiger partial charge in [-0.2, -0.15) is 0 Å². The second-order valence-corrected chi connectivity index (χ2v) is 5.74. The zero-order chi connectivity index (χ0) is 12.3. The molecular formula is C13H24N2O2. The van der Waals surface area contributed by atoms with E-state index in [-0.39, 0.29) is 18.1 Å². The third kappa shape index (κ3) is 3.42. The number of hydrogen-bond acceptors (Lipinski definition) is 3. The van der Waals surface area contributed by atoms with Crippen LogP contribution in [-0.4, -0.2) is 37.2 Å². The lowest BCUT2D eigenvalue weighted by Gasteiger charge is -2.38. The molecule has 0 aromatic carbocycles. The summed E-state index contributed by atoms with van der Waals surface area (Å²) in [5.41, 5.74) is -0.131. The van der Waals surface area contributed by atoms with E-state index >= 15 is 0 Å². The third-order valence-electron chi connectivity index (χ3n) is 4.05. The number of nitrogens with one attached hydrogen (secondary N) is 2. The maximum atomic E-state index is 11.7. The van der Waals surface area contributed by atoms with E-state index in [4.69, 9.17) is 4.74 Å². The van der Waals surface area contributed by atoms with Crippen molar-refractivity contribution in [2.75, 3.05) is 19.7 Å². The molecule has 98 valence electrons. The van der Waals surface area contributed by atoms with E-state index in [0.717, 1.165) is 13.1 Å². The van der Waals surface area contributed by atoms with Crippen molar-refractivity contribution < 1.29 is 9.53 Å². The molecule has 4 nitrogen and oxygen atoms in total. The quantitative estimate of drug-likeness (QED) is 0.755. The molecule has 0 aromatic heterocycles. The van der Waals surface area contributed by atoms with Crippen LogP contribution in [0.4, 0.5) is 0 Å². The van der Waals surface area contributed by atoms with E-state index in [9.17, 15) is 4.79 Å². The zero-order valence-electron chi connectivity index (χ0n) is 10.9. The van der Waals surface area contributed by atoms with Crippen molar-refractivity contribution in [3.8, 4) is 0 Å². The van der Waals surface area contributed by atoms with Crippen molar-refractivity contribution >= 4 is 5.91 Å². The minimum absolute atomic E-state index is 0.0255. The molecule has 1 heterocycles. The molecule has 2 N–H and O–H groups in total. The van der Waals surface area contributed by atoms with Crippen LogP contribution in [0.3, 0.4) is 0 Å². The molecule has 1 aliphatic heterocycles. The Bertz CT molecular complexity index is 271. The first-order chi connectivity index (χ1) is 8.09. The molecule has 2 fully saturated rings. The smallest absolute Gasteiger partial charge is 0.246 e. The summed E-state index contributed by atoms with van der Waals surface area (Å²) in [5.74, 6) is 0.692. The van der Waals surface area contributed by atoms with Crippen molar-refractivity contribution in [2.24, 2.45) is 5.92 Å². The first kappa shape index (κ1) is 12.8. The number of carbonyl (C=O) groups excluding carboxylic acids is 1. The maximum Gasteiger partial charge on any atom is 0.246 e. The average Bonchev–Trinajstić information content (AvgIpc) is 2.77. The Labute approximate surface area is 103 Å². The monoisotopic (exact) mass is 240 g/mol. The molecule has 1 unspecified atom stereocenters. The van der Waals surface area contributed by atoms with Crippen LogP contribution in [0.1, 0.15) is 39.5 Å². The summed E-state index contributed by atoms with van der Waals surface area (Å²) in [6, 6.07) is 0.293. The summed E-state index contributed by atoms with van der Waals surface area (Å²) < 4.78 is 5.62. The second-order valence-electron chi connectivity index (χ2n) is 5.74. The highest BCUT2D eigenvalue weighted by atomic mass is 16.5. The summed E-state index contributed by atoms with van der Waals surface area (Å²) in [5, 5.41) is 6.21. The van der Waals surface area contributed by atoms with Gasteiger partial charge in [0.05, 0.1) is 5.60 Å². The Balaban J connectivity index is 1.65. The summed E-state index contributed by atoms with van der Waals surface area (Å²) in [7, 11) is 0. The number of carbonyl (C=O) groups is 1. The van der Waals surface area contributed by atoms with E-state index in [1.54, 1.807) is 0 Å². The summed E-state index contributed by atoms with van der Waals surface area (Å²) in [6.45, 7) is 6.03. The van der Waals surface area contributed by atoms with Crippen LogP contribution in [-0.2, 0) is 9.53 Å². The molecule has 17 heavy (non-hydrogen) atoms. The molecule has 0 radical (unpaired) electrons. The van der Waals surface area contributed by atoms with Gasteiger partial charge in [-0.1, -0.05) is 12.8 Å². The van der Waals surface area contributed by atoms with Gasteiger partial charge in [0, 0.05) is 19.1 Å². The number of ether oxygens (including phenoxy) is 1. The summed E-state index contributed by atoms with van der Waals surface area (Å²) >= 11 is 0.